The molecule has 1 aliphatic carbocycles. The maximum Gasteiger partial charge on any atom is 0.117 e. The summed E-state index contributed by atoms with van der Waals surface area (Å²) < 4.78 is 0. The Morgan fingerprint density at radius 2 is 2.08 bits per heavy atom. The molecule has 3 nitrogen and oxygen atoms in total. The first kappa shape index (κ1) is 9.09. The van der Waals surface area contributed by atoms with Gasteiger partial charge in [-0.1, -0.05) is 0 Å². The Hall–Kier alpha value is -0.480. The van der Waals surface area contributed by atoms with Crippen molar-refractivity contribution >= 4 is 11.3 Å². The summed E-state index contributed by atoms with van der Waals surface area (Å²) >= 11 is 1.76. The van der Waals surface area contributed by atoms with Crippen molar-refractivity contribution in [2.24, 2.45) is 11.7 Å². The molecule has 2 N–H and O–H groups in total. The molecular formula is C9H15N3S. The lowest BCUT2D eigenvalue weighted by molar-refractivity contribution is 0.787. The van der Waals surface area contributed by atoms with Gasteiger partial charge in [-0.15, -0.1) is 21.5 Å². The fraction of sp³-hybridized carbons (Fsp3) is 0.778. The third kappa shape index (κ3) is 2.74. The first-order valence-electron chi connectivity index (χ1n) is 4.90. The Bertz CT molecular complexity index is 268. The molecule has 1 heterocycles. The van der Waals surface area contributed by atoms with Crippen molar-refractivity contribution in [2.75, 3.05) is 6.54 Å². The van der Waals surface area contributed by atoms with Crippen LogP contribution >= 0.6 is 11.3 Å². The smallest absolute Gasteiger partial charge is 0.117 e. The minimum atomic E-state index is 0.748. The second-order valence-electron chi connectivity index (χ2n) is 3.63. The van der Waals surface area contributed by atoms with Gasteiger partial charge in [0.2, 0.25) is 0 Å². The van der Waals surface area contributed by atoms with E-state index in [1.165, 1.54) is 17.8 Å². The van der Waals surface area contributed by atoms with E-state index >= 15 is 0 Å². The molecule has 0 radical (unpaired) electrons. The molecule has 72 valence electrons. The van der Waals surface area contributed by atoms with Gasteiger partial charge in [0.15, 0.2) is 0 Å². The molecular weight excluding hydrogens is 182 g/mol. The third-order valence-electron chi connectivity index (χ3n) is 2.26. The monoisotopic (exact) mass is 197 g/mol. The van der Waals surface area contributed by atoms with Gasteiger partial charge in [0.05, 0.1) is 0 Å². The molecule has 1 fully saturated rings. The van der Waals surface area contributed by atoms with Crippen LogP contribution in [-0.2, 0) is 12.8 Å². The first-order valence-corrected chi connectivity index (χ1v) is 5.71. The van der Waals surface area contributed by atoms with Gasteiger partial charge in [-0.25, -0.2) is 0 Å². The minimum Gasteiger partial charge on any atom is -0.330 e. The summed E-state index contributed by atoms with van der Waals surface area (Å²) in [7, 11) is 0. The lowest BCUT2D eigenvalue weighted by atomic mass is 10.3. The molecule has 4 heteroatoms. The van der Waals surface area contributed by atoms with Gasteiger partial charge >= 0.3 is 0 Å². The van der Waals surface area contributed by atoms with Crippen molar-refractivity contribution in [3.05, 3.63) is 10.0 Å². The number of rotatable bonds is 5. The fourth-order valence-corrected chi connectivity index (χ4v) is 2.29. The van der Waals surface area contributed by atoms with E-state index in [9.17, 15) is 0 Å². The van der Waals surface area contributed by atoms with Crippen LogP contribution in [0.2, 0.25) is 0 Å². The zero-order valence-electron chi connectivity index (χ0n) is 7.70. The van der Waals surface area contributed by atoms with E-state index in [2.05, 4.69) is 10.2 Å². The van der Waals surface area contributed by atoms with Crippen molar-refractivity contribution < 1.29 is 0 Å². The molecule has 0 spiro atoms. The highest BCUT2D eigenvalue weighted by Crippen LogP contribution is 2.33. The molecule has 0 aromatic carbocycles. The highest BCUT2D eigenvalue weighted by Gasteiger charge is 2.23. The van der Waals surface area contributed by atoms with E-state index in [4.69, 9.17) is 5.73 Å². The summed E-state index contributed by atoms with van der Waals surface area (Å²) in [5.74, 6) is 0.912. The first-order chi connectivity index (χ1) is 6.38. The Balaban J connectivity index is 1.84. The predicted octanol–water partition coefficient (Wildman–Crippen LogP) is 1.38. The van der Waals surface area contributed by atoms with Gasteiger partial charge in [-0.2, -0.15) is 0 Å². The van der Waals surface area contributed by atoms with Crippen LogP contribution < -0.4 is 5.73 Å². The zero-order valence-corrected chi connectivity index (χ0v) is 8.52. The van der Waals surface area contributed by atoms with Crippen molar-refractivity contribution in [1.29, 1.82) is 0 Å². The lowest BCUT2D eigenvalue weighted by Crippen LogP contribution is -1.99. The quantitative estimate of drug-likeness (QED) is 0.776. The molecule has 0 aliphatic heterocycles. The second-order valence-corrected chi connectivity index (χ2v) is 4.78. The van der Waals surface area contributed by atoms with E-state index in [0.29, 0.717) is 0 Å². The van der Waals surface area contributed by atoms with Crippen molar-refractivity contribution in [2.45, 2.75) is 32.1 Å². The average molecular weight is 197 g/mol. The van der Waals surface area contributed by atoms with Gasteiger partial charge < -0.3 is 5.73 Å². The number of aryl methyl sites for hydroxylation is 1. The largest absolute Gasteiger partial charge is 0.330 e. The Morgan fingerprint density at radius 3 is 2.77 bits per heavy atom. The van der Waals surface area contributed by atoms with Crippen LogP contribution in [-0.4, -0.2) is 16.7 Å². The Labute approximate surface area is 82.4 Å². The molecule has 13 heavy (non-hydrogen) atoms. The van der Waals surface area contributed by atoms with Crippen molar-refractivity contribution in [3.8, 4) is 0 Å². The molecule has 1 aromatic rings. The lowest BCUT2D eigenvalue weighted by Gasteiger charge is -1.89. The molecule has 1 aromatic heterocycles. The van der Waals surface area contributed by atoms with Crippen LogP contribution in [0.1, 0.15) is 29.3 Å². The van der Waals surface area contributed by atoms with Crippen LogP contribution in [0, 0.1) is 5.92 Å². The molecule has 1 saturated carbocycles. The fourth-order valence-electron chi connectivity index (χ4n) is 1.29. The number of aromatic nitrogens is 2. The summed E-state index contributed by atoms with van der Waals surface area (Å²) in [6, 6.07) is 0. The van der Waals surface area contributed by atoms with Gasteiger partial charge in [0.1, 0.15) is 10.0 Å². The summed E-state index contributed by atoms with van der Waals surface area (Å²) in [5.41, 5.74) is 5.43. The van der Waals surface area contributed by atoms with Crippen molar-refractivity contribution in [1.82, 2.24) is 10.2 Å². The van der Waals surface area contributed by atoms with Crippen LogP contribution in [0.15, 0.2) is 0 Å². The van der Waals surface area contributed by atoms with Crippen LogP contribution in [0.4, 0.5) is 0 Å². The highest BCUT2D eigenvalue weighted by atomic mass is 32.1. The van der Waals surface area contributed by atoms with E-state index in [1.807, 2.05) is 0 Å². The van der Waals surface area contributed by atoms with Gasteiger partial charge in [-0.3, -0.25) is 0 Å². The maximum atomic E-state index is 5.43. The van der Waals surface area contributed by atoms with Crippen LogP contribution in [0.5, 0.6) is 0 Å². The summed E-state index contributed by atoms with van der Waals surface area (Å²) in [5, 5.41) is 10.7. The van der Waals surface area contributed by atoms with E-state index in [0.717, 1.165) is 36.7 Å². The number of nitrogens with two attached hydrogens (primary N) is 1. The van der Waals surface area contributed by atoms with E-state index < -0.39 is 0 Å². The molecule has 2 rings (SSSR count). The summed E-state index contributed by atoms with van der Waals surface area (Å²) in [6.45, 7) is 0.748. The van der Waals surface area contributed by atoms with Crippen molar-refractivity contribution in [3.63, 3.8) is 0 Å². The zero-order chi connectivity index (χ0) is 9.10. The summed E-state index contributed by atoms with van der Waals surface area (Å²) in [6.07, 6.45) is 5.95. The molecule has 0 atom stereocenters. The minimum absolute atomic E-state index is 0.748. The standard InChI is InChI=1S/C9H15N3S/c10-5-1-2-8-11-12-9(13-8)6-7-3-4-7/h7H,1-6,10H2. The normalized spacial score (nSPS) is 16.4. The Morgan fingerprint density at radius 1 is 1.31 bits per heavy atom. The number of hydrogen-bond acceptors (Lipinski definition) is 4. The van der Waals surface area contributed by atoms with Gasteiger partial charge in [0, 0.05) is 12.8 Å². The Kier molecular flexibility index (Phi) is 2.90. The topological polar surface area (TPSA) is 51.8 Å². The van der Waals surface area contributed by atoms with Gasteiger partial charge in [0.25, 0.3) is 0 Å². The third-order valence-corrected chi connectivity index (χ3v) is 3.27. The van der Waals surface area contributed by atoms with E-state index in [1.54, 1.807) is 11.3 Å². The predicted molar refractivity (Wildman–Crippen MR) is 53.7 cm³/mol. The maximum absolute atomic E-state index is 5.43. The molecule has 0 unspecified atom stereocenters. The second kappa shape index (κ2) is 4.15. The molecule has 0 bridgehead atoms. The highest BCUT2D eigenvalue weighted by molar-refractivity contribution is 7.11. The SMILES string of the molecule is NCCCc1nnc(CC2CC2)s1. The van der Waals surface area contributed by atoms with Crippen LogP contribution in [0.3, 0.4) is 0 Å². The molecule has 0 saturated heterocycles. The number of hydrogen-bond donors (Lipinski definition) is 1. The number of nitrogens with zero attached hydrogens (tertiary/aromatic N) is 2. The van der Waals surface area contributed by atoms with Gasteiger partial charge in [-0.05, 0) is 31.7 Å². The molecule has 1 aliphatic rings. The van der Waals surface area contributed by atoms with E-state index in [-0.39, 0.29) is 0 Å². The van der Waals surface area contributed by atoms with Crippen LogP contribution in [0.25, 0.3) is 0 Å². The average Bonchev–Trinajstić information content (AvgIpc) is 2.81. The summed E-state index contributed by atoms with van der Waals surface area (Å²) in [4.78, 5) is 0. The molecule has 0 amide bonds.